The Hall–Kier alpha value is -1.00. The summed E-state index contributed by atoms with van der Waals surface area (Å²) >= 11 is 0. The molecule has 1 N–H and O–H groups in total. The molecule has 1 heterocycles. The van der Waals surface area contributed by atoms with E-state index in [1.165, 1.54) is 12.8 Å². The highest BCUT2D eigenvalue weighted by Gasteiger charge is 2.22. The first-order valence-electron chi connectivity index (χ1n) is 6.31. The molecular formula is C13H21N3O. The minimum atomic E-state index is 0.735. The second kappa shape index (κ2) is 6.07. The van der Waals surface area contributed by atoms with Gasteiger partial charge in [-0.1, -0.05) is 0 Å². The summed E-state index contributed by atoms with van der Waals surface area (Å²) in [6, 6.07) is 2.05. The third-order valence-electron chi connectivity index (χ3n) is 2.91. The lowest BCUT2D eigenvalue weighted by atomic mass is 10.2. The molecule has 1 fully saturated rings. The van der Waals surface area contributed by atoms with Gasteiger partial charge in [-0.3, -0.25) is 0 Å². The van der Waals surface area contributed by atoms with Crippen molar-refractivity contribution in [3.63, 3.8) is 0 Å². The van der Waals surface area contributed by atoms with Gasteiger partial charge in [-0.2, -0.15) is 0 Å². The van der Waals surface area contributed by atoms with Crippen LogP contribution in [0.25, 0.3) is 0 Å². The molecule has 17 heavy (non-hydrogen) atoms. The van der Waals surface area contributed by atoms with Gasteiger partial charge in [0.15, 0.2) is 0 Å². The van der Waals surface area contributed by atoms with E-state index < -0.39 is 0 Å². The van der Waals surface area contributed by atoms with Crippen LogP contribution in [0.15, 0.2) is 6.07 Å². The zero-order valence-corrected chi connectivity index (χ0v) is 10.7. The highest BCUT2D eigenvalue weighted by Crippen LogP contribution is 2.31. The summed E-state index contributed by atoms with van der Waals surface area (Å²) in [7, 11) is 1.71. The highest BCUT2D eigenvalue weighted by molar-refractivity contribution is 5.10. The van der Waals surface area contributed by atoms with E-state index in [-0.39, 0.29) is 0 Å². The lowest BCUT2D eigenvalue weighted by molar-refractivity contribution is 0.199. The number of aryl methyl sites for hydroxylation is 1. The van der Waals surface area contributed by atoms with Gasteiger partial charge in [0.05, 0.1) is 12.3 Å². The van der Waals surface area contributed by atoms with Crippen LogP contribution in [0.4, 0.5) is 0 Å². The standard InChI is InChI=1S/C13H21N3O/c1-10-7-12(9-14-5-6-17-2)16-13(15-10)8-11-3-4-11/h7,11,14H,3-6,8-9H2,1-2H3. The molecule has 0 atom stereocenters. The largest absolute Gasteiger partial charge is 0.383 e. The SMILES string of the molecule is COCCNCc1cc(C)nc(CC2CC2)n1. The van der Waals surface area contributed by atoms with E-state index >= 15 is 0 Å². The predicted molar refractivity (Wildman–Crippen MR) is 66.8 cm³/mol. The Balaban J connectivity index is 1.88. The third-order valence-corrected chi connectivity index (χ3v) is 2.91. The summed E-state index contributed by atoms with van der Waals surface area (Å²) in [4.78, 5) is 9.09. The Morgan fingerprint density at radius 3 is 2.94 bits per heavy atom. The van der Waals surface area contributed by atoms with E-state index in [1.807, 2.05) is 6.92 Å². The van der Waals surface area contributed by atoms with E-state index in [9.17, 15) is 0 Å². The number of ether oxygens (including phenoxy) is 1. The molecule has 4 nitrogen and oxygen atoms in total. The van der Waals surface area contributed by atoms with Gasteiger partial charge >= 0.3 is 0 Å². The molecule has 0 aliphatic heterocycles. The fraction of sp³-hybridized carbons (Fsp3) is 0.692. The van der Waals surface area contributed by atoms with E-state index in [1.54, 1.807) is 7.11 Å². The molecule has 4 heteroatoms. The average molecular weight is 235 g/mol. The van der Waals surface area contributed by atoms with Gasteiger partial charge in [0.25, 0.3) is 0 Å². The monoisotopic (exact) mass is 235 g/mol. The van der Waals surface area contributed by atoms with E-state index in [2.05, 4.69) is 21.4 Å². The predicted octanol–water partition coefficient (Wildman–Crippen LogP) is 1.47. The number of nitrogens with zero attached hydrogens (tertiary/aromatic N) is 2. The van der Waals surface area contributed by atoms with Gasteiger partial charge in [0.1, 0.15) is 5.82 Å². The molecule has 0 unspecified atom stereocenters. The van der Waals surface area contributed by atoms with Crippen molar-refractivity contribution in [2.75, 3.05) is 20.3 Å². The molecule has 0 radical (unpaired) electrons. The third kappa shape index (κ3) is 4.40. The minimum Gasteiger partial charge on any atom is -0.383 e. The van der Waals surface area contributed by atoms with Crippen LogP contribution in [0, 0.1) is 12.8 Å². The zero-order chi connectivity index (χ0) is 12.1. The van der Waals surface area contributed by atoms with Crippen LogP contribution in [0.3, 0.4) is 0 Å². The number of methoxy groups -OCH3 is 1. The van der Waals surface area contributed by atoms with Crippen molar-refractivity contribution in [1.82, 2.24) is 15.3 Å². The summed E-state index contributed by atoms with van der Waals surface area (Å²) in [5, 5.41) is 3.31. The van der Waals surface area contributed by atoms with Crippen LogP contribution in [0.2, 0.25) is 0 Å². The molecule has 0 saturated heterocycles. The van der Waals surface area contributed by atoms with E-state index in [0.717, 1.165) is 49.2 Å². The summed E-state index contributed by atoms with van der Waals surface area (Å²) in [6.07, 6.45) is 3.74. The molecular weight excluding hydrogens is 214 g/mol. The average Bonchev–Trinajstić information content (AvgIpc) is 3.07. The maximum absolute atomic E-state index is 4.99. The van der Waals surface area contributed by atoms with Gasteiger partial charge in [-0.05, 0) is 31.7 Å². The lowest BCUT2D eigenvalue weighted by Gasteiger charge is -2.07. The van der Waals surface area contributed by atoms with Gasteiger partial charge in [0.2, 0.25) is 0 Å². The van der Waals surface area contributed by atoms with Gasteiger partial charge < -0.3 is 10.1 Å². The topological polar surface area (TPSA) is 47.0 Å². The summed E-state index contributed by atoms with van der Waals surface area (Å²) in [5.41, 5.74) is 2.16. The van der Waals surface area contributed by atoms with Crippen molar-refractivity contribution in [2.24, 2.45) is 5.92 Å². The first-order valence-corrected chi connectivity index (χ1v) is 6.31. The molecule has 2 rings (SSSR count). The fourth-order valence-electron chi connectivity index (χ4n) is 1.85. The second-order valence-corrected chi connectivity index (χ2v) is 4.73. The quantitative estimate of drug-likeness (QED) is 0.727. The van der Waals surface area contributed by atoms with Crippen molar-refractivity contribution in [1.29, 1.82) is 0 Å². The first kappa shape index (κ1) is 12.5. The maximum Gasteiger partial charge on any atom is 0.129 e. The van der Waals surface area contributed by atoms with Gasteiger partial charge in [-0.15, -0.1) is 0 Å². The van der Waals surface area contributed by atoms with Crippen LogP contribution in [0.1, 0.15) is 30.1 Å². The summed E-state index contributed by atoms with van der Waals surface area (Å²) in [5.74, 6) is 1.85. The van der Waals surface area contributed by atoms with E-state index in [4.69, 9.17) is 4.74 Å². The number of hydrogen-bond acceptors (Lipinski definition) is 4. The van der Waals surface area contributed by atoms with Crippen molar-refractivity contribution in [3.05, 3.63) is 23.3 Å². The molecule has 1 aromatic heterocycles. The Labute approximate surface area is 103 Å². The Bertz CT molecular complexity index is 364. The zero-order valence-electron chi connectivity index (χ0n) is 10.7. The van der Waals surface area contributed by atoms with Gasteiger partial charge in [-0.25, -0.2) is 9.97 Å². The van der Waals surface area contributed by atoms with Crippen LogP contribution in [-0.2, 0) is 17.7 Å². The number of aromatic nitrogens is 2. The van der Waals surface area contributed by atoms with Crippen molar-refractivity contribution < 1.29 is 4.74 Å². The fourth-order valence-corrected chi connectivity index (χ4v) is 1.85. The highest BCUT2D eigenvalue weighted by atomic mass is 16.5. The second-order valence-electron chi connectivity index (χ2n) is 4.73. The normalized spacial score (nSPS) is 15.2. The minimum absolute atomic E-state index is 0.735. The Morgan fingerprint density at radius 1 is 1.41 bits per heavy atom. The molecule has 1 aromatic rings. The summed E-state index contributed by atoms with van der Waals surface area (Å²) < 4.78 is 4.99. The van der Waals surface area contributed by atoms with Crippen molar-refractivity contribution in [3.8, 4) is 0 Å². The number of hydrogen-bond donors (Lipinski definition) is 1. The van der Waals surface area contributed by atoms with Gasteiger partial charge in [0, 0.05) is 32.3 Å². The van der Waals surface area contributed by atoms with Crippen molar-refractivity contribution >= 4 is 0 Å². The van der Waals surface area contributed by atoms with Crippen LogP contribution in [0.5, 0.6) is 0 Å². The molecule has 0 amide bonds. The van der Waals surface area contributed by atoms with Crippen molar-refractivity contribution in [2.45, 2.75) is 32.7 Å². The van der Waals surface area contributed by atoms with Crippen LogP contribution < -0.4 is 5.32 Å². The molecule has 1 aliphatic carbocycles. The van der Waals surface area contributed by atoms with E-state index in [0.29, 0.717) is 0 Å². The first-order chi connectivity index (χ1) is 8.28. The number of nitrogens with one attached hydrogen (secondary N) is 1. The molecule has 0 spiro atoms. The molecule has 0 bridgehead atoms. The molecule has 0 aromatic carbocycles. The van der Waals surface area contributed by atoms with Crippen LogP contribution >= 0.6 is 0 Å². The molecule has 1 saturated carbocycles. The Kier molecular flexibility index (Phi) is 4.45. The molecule has 1 aliphatic rings. The smallest absolute Gasteiger partial charge is 0.129 e. The maximum atomic E-state index is 4.99. The van der Waals surface area contributed by atoms with Crippen LogP contribution in [-0.4, -0.2) is 30.2 Å². The molecule has 94 valence electrons. The number of rotatable bonds is 7. The summed E-state index contributed by atoms with van der Waals surface area (Å²) in [6.45, 7) is 4.43. The lowest BCUT2D eigenvalue weighted by Crippen LogP contribution is -2.20. The Morgan fingerprint density at radius 2 is 2.24 bits per heavy atom.